The van der Waals surface area contributed by atoms with E-state index in [9.17, 15) is 0 Å². The molecule has 102 valence electrons. The third-order valence-corrected chi connectivity index (χ3v) is 2.55. The van der Waals surface area contributed by atoms with Gasteiger partial charge < -0.3 is 10.1 Å². The largest absolute Gasteiger partial charge is 0.489 e. The number of rotatable bonds is 5. The van der Waals surface area contributed by atoms with Gasteiger partial charge in [-0.05, 0) is 30.3 Å². The lowest BCUT2D eigenvalue weighted by molar-refractivity contribution is 0.306. The van der Waals surface area contributed by atoms with Gasteiger partial charge in [0.1, 0.15) is 12.4 Å². The molecule has 0 atom stereocenters. The average Bonchev–Trinajstić information content (AvgIpc) is 2.50. The molecule has 0 aliphatic carbocycles. The predicted octanol–water partition coefficient (Wildman–Crippen LogP) is 4.01. The van der Waals surface area contributed by atoms with E-state index in [0.29, 0.717) is 6.61 Å². The van der Waals surface area contributed by atoms with Crippen LogP contribution in [0.2, 0.25) is 0 Å². The summed E-state index contributed by atoms with van der Waals surface area (Å²) in [5.74, 6) is 0.911. The molecule has 0 bridgehead atoms. The van der Waals surface area contributed by atoms with Gasteiger partial charge in [-0.1, -0.05) is 56.3 Å². The van der Waals surface area contributed by atoms with Crippen LogP contribution < -0.4 is 10.1 Å². The van der Waals surface area contributed by atoms with Gasteiger partial charge in [0, 0.05) is 6.54 Å². The highest BCUT2D eigenvalue weighted by atomic mass is 16.5. The van der Waals surface area contributed by atoms with E-state index in [1.807, 2.05) is 51.2 Å². The van der Waals surface area contributed by atoms with Crippen molar-refractivity contribution in [1.82, 2.24) is 5.32 Å². The average molecular weight is 257 g/mol. The van der Waals surface area contributed by atoms with Crippen LogP contribution in [0.3, 0.4) is 0 Å². The van der Waals surface area contributed by atoms with Crippen molar-refractivity contribution >= 4 is 0 Å². The summed E-state index contributed by atoms with van der Waals surface area (Å²) in [6.45, 7) is 5.51. The molecule has 2 aromatic rings. The summed E-state index contributed by atoms with van der Waals surface area (Å²) < 4.78 is 5.70. The number of hydrogen-bond donors (Lipinski definition) is 1. The molecule has 2 aromatic carbocycles. The van der Waals surface area contributed by atoms with Crippen LogP contribution in [0.25, 0.3) is 0 Å². The molecule has 0 saturated carbocycles. The van der Waals surface area contributed by atoms with E-state index in [1.54, 1.807) is 0 Å². The Labute approximate surface area is 116 Å². The minimum atomic E-state index is 0.617. The molecule has 0 radical (unpaired) electrons. The van der Waals surface area contributed by atoms with Gasteiger partial charge in [-0.25, -0.2) is 0 Å². The number of ether oxygens (including phenoxy) is 1. The Morgan fingerprint density at radius 2 is 1.47 bits per heavy atom. The Morgan fingerprint density at radius 1 is 0.842 bits per heavy atom. The minimum absolute atomic E-state index is 0.617. The molecular formula is C17H23NO. The van der Waals surface area contributed by atoms with Crippen molar-refractivity contribution in [2.45, 2.75) is 27.0 Å². The van der Waals surface area contributed by atoms with Crippen molar-refractivity contribution in [2.75, 3.05) is 7.05 Å². The smallest absolute Gasteiger partial charge is 0.119 e. The van der Waals surface area contributed by atoms with Crippen LogP contribution in [0.1, 0.15) is 25.0 Å². The van der Waals surface area contributed by atoms with E-state index in [0.717, 1.165) is 12.3 Å². The van der Waals surface area contributed by atoms with E-state index in [2.05, 4.69) is 29.6 Å². The highest BCUT2D eigenvalue weighted by Crippen LogP contribution is 2.14. The molecular weight excluding hydrogens is 234 g/mol. The van der Waals surface area contributed by atoms with Crippen molar-refractivity contribution in [2.24, 2.45) is 0 Å². The number of nitrogens with one attached hydrogen (secondary N) is 1. The summed E-state index contributed by atoms with van der Waals surface area (Å²) in [7, 11) is 1.94. The second-order valence-corrected chi connectivity index (χ2v) is 3.95. The van der Waals surface area contributed by atoms with Crippen LogP contribution in [-0.2, 0) is 13.2 Å². The summed E-state index contributed by atoms with van der Waals surface area (Å²) in [5, 5.41) is 3.12. The molecule has 0 aliphatic heterocycles. The Balaban J connectivity index is 0.000000861. The molecule has 0 heterocycles. The molecule has 2 rings (SSSR count). The standard InChI is InChI=1S/C15H17NO.C2H6/c1-16-11-13-7-9-15(10-8-13)17-12-14-5-3-2-4-6-14;1-2/h2-10,16H,11-12H2,1H3;1-2H3. The second-order valence-electron chi connectivity index (χ2n) is 3.95. The summed E-state index contributed by atoms with van der Waals surface area (Å²) in [5.41, 5.74) is 2.45. The molecule has 0 aromatic heterocycles. The Bertz CT molecular complexity index is 437. The van der Waals surface area contributed by atoms with Gasteiger partial charge in [0.2, 0.25) is 0 Å². The van der Waals surface area contributed by atoms with E-state index in [1.165, 1.54) is 11.1 Å². The number of hydrogen-bond acceptors (Lipinski definition) is 2. The monoisotopic (exact) mass is 257 g/mol. The minimum Gasteiger partial charge on any atom is -0.489 e. The first-order valence-electron chi connectivity index (χ1n) is 6.79. The maximum Gasteiger partial charge on any atom is 0.119 e. The summed E-state index contributed by atoms with van der Waals surface area (Å²) in [6, 6.07) is 18.4. The van der Waals surface area contributed by atoms with E-state index < -0.39 is 0 Å². The van der Waals surface area contributed by atoms with Crippen molar-refractivity contribution < 1.29 is 4.74 Å². The first kappa shape index (κ1) is 15.3. The molecule has 0 aliphatic rings. The zero-order valence-electron chi connectivity index (χ0n) is 12.0. The maximum absolute atomic E-state index is 5.70. The molecule has 1 N–H and O–H groups in total. The SMILES string of the molecule is CC.CNCc1ccc(OCc2ccccc2)cc1. The zero-order chi connectivity index (χ0) is 13.9. The summed E-state index contributed by atoms with van der Waals surface area (Å²) in [6.07, 6.45) is 0. The van der Waals surface area contributed by atoms with Gasteiger partial charge in [0.15, 0.2) is 0 Å². The van der Waals surface area contributed by atoms with Gasteiger partial charge in [0.25, 0.3) is 0 Å². The first-order chi connectivity index (χ1) is 9.38. The summed E-state index contributed by atoms with van der Waals surface area (Å²) in [4.78, 5) is 0. The maximum atomic E-state index is 5.70. The normalized spacial score (nSPS) is 9.42. The second kappa shape index (κ2) is 9.17. The zero-order valence-corrected chi connectivity index (χ0v) is 12.0. The van der Waals surface area contributed by atoms with Crippen LogP contribution in [0.15, 0.2) is 54.6 Å². The van der Waals surface area contributed by atoms with Crippen LogP contribution in [0.5, 0.6) is 5.75 Å². The van der Waals surface area contributed by atoms with Crippen molar-refractivity contribution in [3.63, 3.8) is 0 Å². The quantitative estimate of drug-likeness (QED) is 0.873. The van der Waals surface area contributed by atoms with Gasteiger partial charge in [-0.15, -0.1) is 0 Å². The van der Waals surface area contributed by atoms with Crippen molar-refractivity contribution in [1.29, 1.82) is 0 Å². The Kier molecular flexibility index (Phi) is 7.37. The van der Waals surface area contributed by atoms with E-state index in [-0.39, 0.29) is 0 Å². The van der Waals surface area contributed by atoms with Gasteiger partial charge >= 0.3 is 0 Å². The molecule has 0 spiro atoms. The topological polar surface area (TPSA) is 21.3 Å². The van der Waals surface area contributed by atoms with Crippen molar-refractivity contribution in [3.05, 3.63) is 65.7 Å². The van der Waals surface area contributed by atoms with Crippen LogP contribution in [-0.4, -0.2) is 7.05 Å². The fraction of sp³-hybridized carbons (Fsp3) is 0.294. The highest BCUT2D eigenvalue weighted by molar-refractivity contribution is 5.27. The van der Waals surface area contributed by atoms with E-state index in [4.69, 9.17) is 4.74 Å². The Hall–Kier alpha value is -1.80. The van der Waals surface area contributed by atoms with Gasteiger partial charge in [-0.2, -0.15) is 0 Å². The highest BCUT2D eigenvalue weighted by Gasteiger charge is 1.96. The lowest BCUT2D eigenvalue weighted by Crippen LogP contribution is -2.04. The molecule has 19 heavy (non-hydrogen) atoms. The van der Waals surface area contributed by atoms with Crippen molar-refractivity contribution in [3.8, 4) is 5.75 Å². The first-order valence-corrected chi connectivity index (χ1v) is 6.79. The molecule has 0 unspecified atom stereocenters. The van der Waals surface area contributed by atoms with Crippen LogP contribution >= 0.6 is 0 Å². The molecule has 2 heteroatoms. The fourth-order valence-corrected chi connectivity index (χ4v) is 1.65. The van der Waals surface area contributed by atoms with Gasteiger partial charge in [0.05, 0.1) is 0 Å². The van der Waals surface area contributed by atoms with E-state index >= 15 is 0 Å². The molecule has 2 nitrogen and oxygen atoms in total. The fourth-order valence-electron chi connectivity index (χ4n) is 1.65. The number of benzene rings is 2. The Morgan fingerprint density at radius 3 is 2.05 bits per heavy atom. The lowest BCUT2D eigenvalue weighted by atomic mass is 10.2. The van der Waals surface area contributed by atoms with Crippen LogP contribution in [0, 0.1) is 0 Å². The summed E-state index contributed by atoms with van der Waals surface area (Å²) >= 11 is 0. The van der Waals surface area contributed by atoms with Gasteiger partial charge in [-0.3, -0.25) is 0 Å². The third-order valence-electron chi connectivity index (χ3n) is 2.55. The molecule has 0 fully saturated rings. The predicted molar refractivity (Wildman–Crippen MR) is 81.3 cm³/mol. The molecule has 0 saturated heterocycles. The molecule has 0 amide bonds. The lowest BCUT2D eigenvalue weighted by Gasteiger charge is -2.07. The third kappa shape index (κ3) is 5.58. The van der Waals surface area contributed by atoms with Crippen LogP contribution in [0.4, 0.5) is 0 Å².